The molecule has 1 nitrogen and oxygen atoms in total. The fourth-order valence-corrected chi connectivity index (χ4v) is 1.93. The summed E-state index contributed by atoms with van der Waals surface area (Å²) in [7, 11) is 0. The quantitative estimate of drug-likeness (QED) is 0.615. The van der Waals surface area contributed by atoms with Gasteiger partial charge in [0.1, 0.15) is 0 Å². The molecule has 0 aliphatic carbocycles. The molecule has 0 unspecified atom stereocenters. The fourth-order valence-electron chi connectivity index (χ4n) is 1.32. The minimum Gasteiger partial charge on any atom is -0.385 e. The Bertz CT molecular complexity index is 287. The highest BCUT2D eigenvalue weighted by Gasteiger charge is 1.95. The molecular weight excluding hydrogens is 238 g/mol. The van der Waals surface area contributed by atoms with Crippen molar-refractivity contribution in [3.8, 4) is 0 Å². The van der Waals surface area contributed by atoms with Crippen LogP contribution in [0.4, 0.5) is 5.69 Å². The lowest BCUT2D eigenvalue weighted by Gasteiger charge is -2.07. The first-order valence-electron chi connectivity index (χ1n) is 4.84. The van der Waals surface area contributed by atoms with Crippen molar-refractivity contribution >= 4 is 21.6 Å². The van der Waals surface area contributed by atoms with Crippen molar-refractivity contribution in [2.24, 2.45) is 0 Å². The van der Waals surface area contributed by atoms with Gasteiger partial charge >= 0.3 is 0 Å². The third kappa shape index (κ3) is 3.97. The summed E-state index contributed by atoms with van der Waals surface area (Å²) in [6, 6.07) is 6.36. The number of hydrogen-bond acceptors (Lipinski definition) is 1. The molecule has 0 spiro atoms. The van der Waals surface area contributed by atoms with Gasteiger partial charge in [0, 0.05) is 16.7 Å². The molecule has 0 atom stereocenters. The Labute approximate surface area is 94.3 Å². The summed E-state index contributed by atoms with van der Waals surface area (Å²) in [4.78, 5) is 0. The zero-order chi connectivity index (χ0) is 10.4. The summed E-state index contributed by atoms with van der Waals surface area (Å²) in [6.45, 7) is 6.80. The lowest BCUT2D eigenvalue weighted by molar-refractivity contribution is 0.891. The Morgan fingerprint density at radius 1 is 1.43 bits per heavy atom. The minimum absolute atomic E-state index is 1.00. The number of rotatable bonds is 5. The number of unbranched alkanes of at least 4 members (excludes halogenated alkanes) is 1. The molecule has 0 bridgehead atoms. The Morgan fingerprint density at radius 2 is 2.21 bits per heavy atom. The zero-order valence-electron chi connectivity index (χ0n) is 8.52. The van der Waals surface area contributed by atoms with Crippen LogP contribution in [-0.2, 0) is 0 Å². The van der Waals surface area contributed by atoms with Gasteiger partial charge < -0.3 is 5.32 Å². The smallest absolute Gasteiger partial charge is 0.0354 e. The molecule has 1 aromatic rings. The second kappa shape index (κ2) is 5.86. The molecule has 0 saturated carbocycles. The van der Waals surface area contributed by atoms with Crippen molar-refractivity contribution in [2.45, 2.75) is 19.8 Å². The molecule has 1 aromatic carbocycles. The van der Waals surface area contributed by atoms with Crippen LogP contribution in [-0.4, -0.2) is 6.54 Å². The largest absolute Gasteiger partial charge is 0.385 e. The molecule has 0 amide bonds. The van der Waals surface area contributed by atoms with Crippen LogP contribution in [0.25, 0.3) is 0 Å². The third-order valence-electron chi connectivity index (χ3n) is 1.96. The predicted octanol–water partition coefficient (Wildman–Crippen LogP) is 4.14. The van der Waals surface area contributed by atoms with Crippen molar-refractivity contribution in [3.63, 3.8) is 0 Å². The summed E-state index contributed by atoms with van der Waals surface area (Å²) in [5.41, 5.74) is 2.45. The molecule has 0 aliphatic heterocycles. The van der Waals surface area contributed by atoms with Gasteiger partial charge in [-0.1, -0.05) is 22.0 Å². The normalized spacial score (nSPS) is 9.86. The molecule has 0 heterocycles. The Balaban J connectivity index is 2.46. The summed E-state index contributed by atoms with van der Waals surface area (Å²) < 4.78 is 1.13. The maximum absolute atomic E-state index is 3.70. The average Bonchev–Trinajstić information content (AvgIpc) is 2.11. The first-order valence-corrected chi connectivity index (χ1v) is 5.63. The van der Waals surface area contributed by atoms with Crippen LogP contribution < -0.4 is 5.32 Å². The highest BCUT2D eigenvalue weighted by atomic mass is 79.9. The van der Waals surface area contributed by atoms with E-state index in [4.69, 9.17) is 0 Å². The van der Waals surface area contributed by atoms with Crippen LogP contribution in [0.1, 0.15) is 18.4 Å². The van der Waals surface area contributed by atoms with E-state index in [0.717, 1.165) is 23.9 Å². The standard InChI is InChI=1S/C12H16BrN/c1-3-4-5-6-14-12-8-10(2)7-11(13)9-12/h3,7-9,14H,1,4-6H2,2H3. The first kappa shape index (κ1) is 11.3. The molecule has 2 heteroatoms. The fraction of sp³-hybridized carbons (Fsp3) is 0.333. The molecule has 0 aliphatic rings. The summed E-state index contributed by atoms with van der Waals surface area (Å²) in [5.74, 6) is 0. The van der Waals surface area contributed by atoms with Crippen molar-refractivity contribution in [1.82, 2.24) is 0 Å². The van der Waals surface area contributed by atoms with Gasteiger partial charge in [-0.3, -0.25) is 0 Å². The number of aryl methyl sites for hydroxylation is 1. The van der Waals surface area contributed by atoms with E-state index in [2.05, 4.69) is 52.9 Å². The maximum atomic E-state index is 3.70. The van der Waals surface area contributed by atoms with E-state index in [0.29, 0.717) is 0 Å². The molecule has 14 heavy (non-hydrogen) atoms. The highest BCUT2D eigenvalue weighted by Crippen LogP contribution is 2.18. The van der Waals surface area contributed by atoms with E-state index in [1.807, 2.05) is 6.08 Å². The van der Waals surface area contributed by atoms with Crippen LogP contribution in [0.2, 0.25) is 0 Å². The summed E-state index contributed by atoms with van der Waals surface area (Å²) >= 11 is 3.48. The number of hydrogen-bond donors (Lipinski definition) is 1. The lowest BCUT2D eigenvalue weighted by atomic mass is 10.2. The van der Waals surface area contributed by atoms with Crippen LogP contribution in [0.15, 0.2) is 35.3 Å². The molecule has 0 radical (unpaired) electrons. The molecule has 0 fully saturated rings. The highest BCUT2D eigenvalue weighted by molar-refractivity contribution is 9.10. The van der Waals surface area contributed by atoms with Gasteiger partial charge in [-0.05, 0) is 43.5 Å². The van der Waals surface area contributed by atoms with Crippen molar-refractivity contribution in [3.05, 3.63) is 40.9 Å². The van der Waals surface area contributed by atoms with Gasteiger partial charge in [0.25, 0.3) is 0 Å². The number of allylic oxidation sites excluding steroid dienone is 1. The Hall–Kier alpha value is -0.760. The van der Waals surface area contributed by atoms with E-state index in [-0.39, 0.29) is 0 Å². The number of benzene rings is 1. The van der Waals surface area contributed by atoms with Gasteiger partial charge in [-0.25, -0.2) is 0 Å². The monoisotopic (exact) mass is 253 g/mol. The topological polar surface area (TPSA) is 12.0 Å². The van der Waals surface area contributed by atoms with Gasteiger partial charge in [0.2, 0.25) is 0 Å². The van der Waals surface area contributed by atoms with E-state index in [9.17, 15) is 0 Å². The molecular formula is C12H16BrN. The van der Waals surface area contributed by atoms with Gasteiger partial charge in [0.05, 0.1) is 0 Å². The molecule has 76 valence electrons. The number of anilines is 1. The SMILES string of the molecule is C=CCCCNc1cc(C)cc(Br)c1. The maximum Gasteiger partial charge on any atom is 0.0354 e. The van der Waals surface area contributed by atoms with E-state index in [1.54, 1.807) is 0 Å². The van der Waals surface area contributed by atoms with Crippen LogP contribution in [0, 0.1) is 6.92 Å². The van der Waals surface area contributed by atoms with E-state index >= 15 is 0 Å². The molecule has 1 rings (SSSR count). The van der Waals surface area contributed by atoms with E-state index in [1.165, 1.54) is 11.3 Å². The molecule has 0 aromatic heterocycles. The Morgan fingerprint density at radius 3 is 2.86 bits per heavy atom. The van der Waals surface area contributed by atoms with Gasteiger partial charge in [-0.2, -0.15) is 0 Å². The second-order valence-corrected chi connectivity index (χ2v) is 4.29. The van der Waals surface area contributed by atoms with Crippen molar-refractivity contribution in [2.75, 3.05) is 11.9 Å². The minimum atomic E-state index is 1.00. The summed E-state index contributed by atoms with van der Waals surface area (Å²) in [5, 5.41) is 3.38. The van der Waals surface area contributed by atoms with Crippen LogP contribution in [0.5, 0.6) is 0 Å². The van der Waals surface area contributed by atoms with Crippen LogP contribution >= 0.6 is 15.9 Å². The van der Waals surface area contributed by atoms with Crippen molar-refractivity contribution in [1.29, 1.82) is 0 Å². The Kier molecular flexibility index (Phi) is 4.74. The van der Waals surface area contributed by atoms with Gasteiger partial charge in [0.15, 0.2) is 0 Å². The molecule has 1 N–H and O–H groups in total. The summed E-state index contributed by atoms with van der Waals surface area (Å²) in [6.07, 6.45) is 4.16. The number of nitrogens with one attached hydrogen (secondary N) is 1. The van der Waals surface area contributed by atoms with Crippen LogP contribution in [0.3, 0.4) is 0 Å². The van der Waals surface area contributed by atoms with Gasteiger partial charge in [-0.15, -0.1) is 6.58 Å². The van der Waals surface area contributed by atoms with E-state index < -0.39 is 0 Å². The zero-order valence-corrected chi connectivity index (χ0v) is 10.1. The predicted molar refractivity (Wildman–Crippen MR) is 66.8 cm³/mol. The lowest BCUT2D eigenvalue weighted by Crippen LogP contribution is -2.00. The second-order valence-electron chi connectivity index (χ2n) is 3.37. The third-order valence-corrected chi connectivity index (χ3v) is 2.41. The van der Waals surface area contributed by atoms with Crippen molar-refractivity contribution < 1.29 is 0 Å². The first-order chi connectivity index (χ1) is 6.72. The molecule has 0 saturated heterocycles. The average molecular weight is 254 g/mol. The number of halogens is 1.